The molecule has 4 aromatic rings. The summed E-state index contributed by atoms with van der Waals surface area (Å²) in [6.45, 7) is 8.47. The summed E-state index contributed by atoms with van der Waals surface area (Å²) in [5.74, 6) is 0.360. The molecule has 2 heterocycles. The van der Waals surface area contributed by atoms with E-state index in [2.05, 4.69) is 42.3 Å². The van der Waals surface area contributed by atoms with Crippen LogP contribution in [0.4, 0.5) is 5.69 Å². The van der Waals surface area contributed by atoms with Gasteiger partial charge in [0, 0.05) is 34.9 Å². The van der Waals surface area contributed by atoms with Crippen molar-refractivity contribution in [3.8, 4) is 16.9 Å². The Bertz CT molecular complexity index is 1370. The van der Waals surface area contributed by atoms with Crippen LogP contribution in [-0.2, 0) is 4.79 Å². The first kappa shape index (κ1) is 22.6. The number of anilines is 1. The molecule has 0 radical (unpaired) electrons. The lowest BCUT2D eigenvalue weighted by Gasteiger charge is -2.12. The number of aryl methyl sites for hydroxylation is 2. The van der Waals surface area contributed by atoms with Gasteiger partial charge in [-0.15, -0.1) is 0 Å². The minimum Gasteiger partial charge on any atom is -0.493 e. The van der Waals surface area contributed by atoms with Gasteiger partial charge in [-0.2, -0.15) is 0 Å². The van der Waals surface area contributed by atoms with Crippen molar-refractivity contribution in [2.45, 2.75) is 27.7 Å². The average molecular weight is 461 g/mol. The maximum absolute atomic E-state index is 12.7. The van der Waals surface area contributed by atoms with Crippen LogP contribution in [0, 0.1) is 13.8 Å². The highest BCUT2D eigenvalue weighted by molar-refractivity contribution is 6.32. The Morgan fingerprint density at radius 3 is 2.73 bits per heavy atom. The molecule has 0 fully saturated rings. The maximum Gasteiger partial charge on any atom is 0.248 e. The lowest BCUT2D eigenvalue weighted by molar-refractivity contribution is -0.111. The van der Waals surface area contributed by atoms with Crippen molar-refractivity contribution in [3.63, 3.8) is 0 Å². The fourth-order valence-electron chi connectivity index (χ4n) is 3.88. The molecule has 1 amide bonds. The zero-order valence-electron chi connectivity index (χ0n) is 19.0. The van der Waals surface area contributed by atoms with E-state index < -0.39 is 0 Å². The number of nitrogens with zero attached hydrogens (tertiary/aromatic N) is 1. The molecule has 0 unspecified atom stereocenters. The van der Waals surface area contributed by atoms with Crippen LogP contribution in [0.5, 0.6) is 5.75 Å². The third kappa shape index (κ3) is 4.78. The van der Waals surface area contributed by atoms with Gasteiger partial charge >= 0.3 is 0 Å². The zero-order chi connectivity index (χ0) is 23.5. The van der Waals surface area contributed by atoms with Crippen LogP contribution >= 0.6 is 11.6 Å². The number of allylic oxidation sites excluding steroid dienone is 1. The monoisotopic (exact) mass is 460 g/mol. The van der Waals surface area contributed by atoms with Crippen LogP contribution in [0.25, 0.3) is 27.7 Å². The van der Waals surface area contributed by atoms with Crippen LogP contribution in [0.15, 0.2) is 65.4 Å². The van der Waals surface area contributed by atoms with Gasteiger partial charge in [0.15, 0.2) is 5.15 Å². The van der Waals surface area contributed by atoms with Crippen molar-refractivity contribution in [2.24, 2.45) is 0 Å². The van der Waals surface area contributed by atoms with Gasteiger partial charge in [0.25, 0.3) is 0 Å². The number of amides is 1. The molecule has 6 heteroatoms. The van der Waals surface area contributed by atoms with Gasteiger partial charge in [0.05, 0.1) is 18.6 Å². The van der Waals surface area contributed by atoms with E-state index in [1.807, 2.05) is 26.0 Å². The van der Waals surface area contributed by atoms with E-state index in [0.29, 0.717) is 18.0 Å². The number of ether oxygens (including phenoxy) is 1. The quantitative estimate of drug-likeness (QED) is 0.244. The molecular weight excluding hydrogens is 436 g/mol. The molecule has 0 saturated carbocycles. The molecule has 0 aliphatic carbocycles. The molecule has 0 bridgehead atoms. The molecule has 2 aromatic heterocycles. The smallest absolute Gasteiger partial charge is 0.248 e. The third-order valence-corrected chi connectivity index (χ3v) is 5.74. The number of rotatable bonds is 6. The number of carbonyl (C=O) groups is 1. The number of furan rings is 1. The summed E-state index contributed by atoms with van der Waals surface area (Å²) < 4.78 is 11.8. The largest absolute Gasteiger partial charge is 0.493 e. The Kier molecular flexibility index (Phi) is 6.52. The minimum atomic E-state index is -0.299. The van der Waals surface area contributed by atoms with E-state index in [-0.39, 0.29) is 11.1 Å². The fourth-order valence-corrected chi connectivity index (χ4v) is 4.05. The Morgan fingerprint density at radius 2 is 2.00 bits per heavy atom. The van der Waals surface area contributed by atoms with Crippen LogP contribution in [0.3, 0.4) is 0 Å². The molecule has 0 aliphatic heterocycles. The molecule has 0 atom stereocenters. The predicted molar refractivity (Wildman–Crippen MR) is 134 cm³/mol. The van der Waals surface area contributed by atoms with Crippen LogP contribution in [-0.4, -0.2) is 17.5 Å². The van der Waals surface area contributed by atoms with Crippen LogP contribution in [0.1, 0.15) is 30.5 Å². The molecular formula is C27H25ClN2O3. The first-order valence-corrected chi connectivity index (χ1v) is 11.1. The van der Waals surface area contributed by atoms with Gasteiger partial charge in [-0.3, -0.25) is 4.79 Å². The maximum atomic E-state index is 12.7. The molecule has 33 heavy (non-hydrogen) atoms. The second kappa shape index (κ2) is 9.51. The minimum absolute atomic E-state index is 0.241. The number of hydrogen-bond acceptors (Lipinski definition) is 4. The van der Waals surface area contributed by atoms with Crippen molar-refractivity contribution >= 4 is 39.7 Å². The summed E-state index contributed by atoms with van der Waals surface area (Å²) in [4.78, 5) is 16.6. The van der Waals surface area contributed by atoms with Gasteiger partial charge in [-0.25, -0.2) is 4.98 Å². The Labute approximate surface area is 198 Å². The highest BCUT2D eigenvalue weighted by Gasteiger charge is 2.16. The predicted octanol–water partition coefficient (Wildman–Crippen LogP) is 7.21. The number of hydrogen-bond donors (Lipinski definition) is 1. The lowest BCUT2D eigenvalue weighted by atomic mass is 9.96. The molecule has 1 N–H and O–H groups in total. The lowest BCUT2D eigenvalue weighted by Crippen LogP contribution is -2.09. The number of pyridine rings is 1. The summed E-state index contributed by atoms with van der Waals surface area (Å²) in [5.41, 5.74) is 7.27. The molecule has 0 saturated heterocycles. The summed E-state index contributed by atoms with van der Waals surface area (Å²) in [6.07, 6.45) is 4.88. The zero-order valence-corrected chi connectivity index (χ0v) is 19.8. The first-order chi connectivity index (χ1) is 15.9. The van der Waals surface area contributed by atoms with Crippen molar-refractivity contribution in [1.29, 1.82) is 0 Å². The molecule has 168 valence electrons. The third-order valence-electron chi connectivity index (χ3n) is 5.44. The molecule has 4 rings (SSSR count). The highest BCUT2D eigenvalue weighted by atomic mass is 35.5. The number of halogens is 1. The molecule has 0 aliphatic rings. The average Bonchev–Trinajstić information content (AvgIpc) is 3.17. The van der Waals surface area contributed by atoms with Gasteiger partial charge in [-0.05, 0) is 62.6 Å². The number of nitrogens with one attached hydrogen (secondary N) is 1. The fraction of sp³-hybridized carbons (Fsp3) is 0.185. The summed E-state index contributed by atoms with van der Waals surface area (Å²) in [5, 5.41) is 3.98. The highest BCUT2D eigenvalue weighted by Crippen LogP contribution is 2.38. The summed E-state index contributed by atoms with van der Waals surface area (Å²) in [6, 6.07) is 13.7. The second-order valence-electron chi connectivity index (χ2n) is 7.90. The van der Waals surface area contributed by atoms with Crippen molar-refractivity contribution in [2.75, 3.05) is 11.9 Å². The SMILES string of the molecule is CCOc1cc2occ(-c3ccc(C)cc3C)c2cc1/C(C)=C/C(=O)Nc1cccnc1Cl. The number of benzene rings is 2. The topological polar surface area (TPSA) is 64.4 Å². The normalized spacial score (nSPS) is 11.6. The summed E-state index contributed by atoms with van der Waals surface area (Å²) >= 11 is 6.06. The van der Waals surface area contributed by atoms with E-state index in [9.17, 15) is 4.79 Å². The first-order valence-electron chi connectivity index (χ1n) is 10.7. The molecule has 5 nitrogen and oxygen atoms in total. The van der Waals surface area contributed by atoms with Crippen LogP contribution in [0.2, 0.25) is 5.15 Å². The number of fused-ring (bicyclic) bond motifs is 1. The second-order valence-corrected chi connectivity index (χ2v) is 8.26. The molecule has 0 spiro atoms. The Morgan fingerprint density at radius 1 is 1.18 bits per heavy atom. The standard InChI is InChI=1S/C27H25ClN2O3/c1-5-32-24-14-25-21(22(15-33-25)19-9-8-16(2)11-17(19)3)13-20(24)18(4)12-26(31)30-23-7-6-10-29-27(23)28/h6-15H,5H2,1-4H3,(H,30,31)/b18-12+. The van der Waals surface area contributed by atoms with Crippen molar-refractivity contribution < 1.29 is 13.9 Å². The van der Waals surface area contributed by atoms with Crippen LogP contribution < -0.4 is 10.1 Å². The summed E-state index contributed by atoms with van der Waals surface area (Å²) in [7, 11) is 0. The molecule has 2 aromatic carbocycles. The number of aromatic nitrogens is 1. The Balaban J connectivity index is 1.76. The van der Waals surface area contributed by atoms with E-state index >= 15 is 0 Å². The van der Waals surface area contributed by atoms with Gasteiger partial charge < -0.3 is 14.5 Å². The van der Waals surface area contributed by atoms with E-state index in [4.69, 9.17) is 20.8 Å². The van der Waals surface area contributed by atoms with E-state index in [1.54, 1.807) is 24.6 Å². The van der Waals surface area contributed by atoms with E-state index in [0.717, 1.165) is 33.2 Å². The number of carbonyl (C=O) groups excluding carboxylic acids is 1. The van der Waals surface area contributed by atoms with Crippen molar-refractivity contribution in [1.82, 2.24) is 4.98 Å². The van der Waals surface area contributed by atoms with E-state index in [1.165, 1.54) is 17.2 Å². The van der Waals surface area contributed by atoms with Gasteiger partial charge in [0.2, 0.25) is 5.91 Å². The van der Waals surface area contributed by atoms with Crippen molar-refractivity contribution in [3.05, 3.63) is 82.8 Å². The Hall–Kier alpha value is -3.57. The van der Waals surface area contributed by atoms with Gasteiger partial charge in [-0.1, -0.05) is 35.4 Å². The van der Waals surface area contributed by atoms with Gasteiger partial charge in [0.1, 0.15) is 11.3 Å².